The van der Waals surface area contributed by atoms with Crippen molar-refractivity contribution in [2.24, 2.45) is 0 Å². The van der Waals surface area contributed by atoms with Crippen molar-refractivity contribution in [3.63, 3.8) is 0 Å². The zero-order valence-electron chi connectivity index (χ0n) is 12.9. The smallest absolute Gasteiger partial charge is 0.335 e. The van der Waals surface area contributed by atoms with E-state index in [1.807, 2.05) is 26.0 Å². The fourth-order valence-electron chi connectivity index (χ4n) is 2.51. The number of aromatic amines is 1. The van der Waals surface area contributed by atoms with Crippen LogP contribution in [0.3, 0.4) is 0 Å². The number of nitrogens with zero attached hydrogens (tertiary/aromatic N) is 1. The molecule has 1 heterocycles. The van der Waals surface area contributed by atoms with Crippen LogP contribution in [0.1, 0.15) is 32.9 Å². The first-order chi connectivity index (χ1) is 10.9. The number of fused-ring (bicyclic) bond motifs is 1. The number of benzene rings is 2. The minimum atomic E-state index is -1.04. The molecule has 0 spiro atoms. The van der Waals surface area contributed by atoms with E-state index < -0.39 is 5.97 Å². The molecular weight excluding hydrogens is 292 g/mol. The highest BCUT2D eigenvalue weighted by atomic mass is 16.4. The molecule has 0 aliphatic rings. The third-order valence-electron chi connectivity index (χ3n) is 3.95. The van der Waals surface area contributed by atoms with E-state index in [0.717, 1.165) is 5.56 Å². The highest BCUT2D eigenvalue weighted by molar-refractivity contribution is 5.92. The summed E-state index contributed by atoms with van der Waals surface area (Å²) in [5.41, 5.74) is 3.69. The van der Waals surface area contributed by atoms with Crippen LogP contribution in [-0.4, -0.2) is 21.0 Å². The van der Waals surface area contributed by atoms with E-state index in [1.54, 1.807) is 0 Å². The van der Waals surface area contributed by atoms with E-state index in [2.05, 4.69) is 16.0 Å². The number of aryl methyl sites for hydroxylation is 2. The standard InChI is InChI=1S/C18H16N2O3/c1-10-3-4-12(7-11(10)2)8-16-19-15-9-13(18(22)23)5-6-14(15)17(21)20-16/h3-7,9H,8H2,1-2H3,(H,22,23)(H,19,20,21). The topological polar surface area (TPSA) is 83.0 Å². The molecule has 0 radical (unpaired) electrons. The molecule has 0 amide bonds. The Labute approximate surface area is 132 Å². The Bertz CT molecular complexity index is 974. The first kappa shape index (κ1) is 15.0. The Hall–Kier alpha value is -2.95. The number of nitrogens with one attached hydrogen (secondary N) is 1. The molecule has 0 saturated heterocycles. The number of aromatic carboxylic acids is 1. The summed E-state index contributed by atoms with van der Waals surface area (Å²) in [6, 6.07) is 10.4. The molecule has 116 valence electrons. The van der Waals surface area contributed by atoms with Crippen molar-refractivity contribution in [1.82, 2.24) is 9.97 Å². The van der Waals surface area contributed by atoms with E-state index in [9.17, 15) is 9.59 Å². The Kier molecular flexibility index (Phi) is 3.70. The predicted molar refractivity (Wildman–Crippen MR) is 88.0 cm³/mol. The zero-order valence-corrected chi connectivity index (χ0v) is 12.9. The van der Waals surface area contributed by atoms with Crippen molar-refractivity contribution in [2.75, 3.05) is 0 Å². The second-order valence-electron chi connectivity index (χ2n) is 5.65. The first-order valence-electron chi connectivity index (χ1n) is 7.26. The number of rotatable bonds is 3. The summed E-state index contributed by atoms with van der Waals surface area (Å²) in [4.78, 5) is 30.4. The summed E-state index contributed by atoms with van der Waals surface area (Å²) in [5.74, 6) is -0.516. The van der Waals surface area contributed by atoms with Crippen LogP contribution in [0.5, 0.6) is 0 Å². The second kappa shape index (κ2) is 5.68. The van der Waals surface area contributed by atoms with Crippen molar-refractivity contribution in [3.05, 3.63) is 74.8 Å². The van der Waals surface area contributed by atoms with E-state index in [0.29, 0.717) is 23.1 Å². The summed E-state index contributed by atoms with van der Waals surface area (Å²) >= 11 is 0. The molecule has 0 aliphatic heterocycles. The predicted octanol–water partition coefficient (Wildman–Crippen LogP) is 2.83. The average molecular weight is 308 g/mol. The van der Waals surface area contributed by atoms with Crippen LogP contribution in [0.25, 0.3) is 10.9 Å². The largest absolute Gasteiger partial charge is 0.478 e. The van der Waals surface area contributed by atoms with Crippen LogP contribution in [0.4, 0.5) is 0 Å². The van der Waals surface area contributed by atoms with Gasteiger partial charge in [-0.2, -0.15) is 0 Å². The van der Waals surface area contributed by atoms with Crippen molar-refractivity contribution in [2.45, 2.75) is 20.3 Å². The third-order valence-corrected chi connectivity index (χ3v) is 3.95. The molecule has 5 heteroatoms. The van der Waals surface area contributed by atoms with Crippen LogP contribution in [0.15, 0.2) is 41.2 Å². The van der Waals surface area contributed by atoms with Crippen molar-refractivity contribution >= 4 is 16.9 Å². The van der Waals surface area contributed by atoms with Gasteiger partial charge < -0.3 is 10.1 Å². The van der Waals surface area contributed by atoms with Gasteiger partial charge in [-0.05, 0) is 48.7 Å². The quantitative estimate of drug-likeness (QED) is 0.779. The molecule has 0 saturated carbocycles. The van der Waals surface area contributed by atoms with Crippen molar-refractivity contribution in [1.29, 1.82) is 0 Å². The molecule has 2 N–H and O–H groups in total. The Morgan fingerprint density at radius 2 is 1.91 bits per heavy atom. The molecule has 0 bridgehead atoms. The maximum absolute atomic E-state index is 12.1. The summed E-state index contributed by atoms with van der Waals surface area (Å²) in [6.45, 7) is 4.08. The summed E-state index contributed by atoms with van der Waals surface area (Å²) in [5, 5.41) is 9.45. The lowest BCUT2D eigenvalue weighted by atomic mass is 10.0. The van der Waals surface area contributed by atoms with Gasteiger partial charge in [-0.25, -0.2) is 9.78 Å². The van der Waals surface area contributed by atoms with Crippen LogP contribution < -0.4 is 5.56 Å². The summed E-state index contributed by atoms with van der Waals surface area (Å²) in [7, 11) is 0. The highest BCUT2D eigenvalue weighted by Crippen LogP contribution is 2.14. The number of carbonyl (C=O) groups is 1. The van der Waals surface area contributed by atoms with Crippen LogP contribution in [0, 0.1) is 13.8 Å². The number of carboxylic acids is 1. The fourth-order valence-corrected chi connectivity index (χ4v) is 2.51. The molecule has 3 aromatic rings. The molecule has 0 fully saturated rings. The van der Waals surface area contributed by atoms with Gasteiger partial charge >= 0.3 is 5.97 Å². The lowest BCUT2D eigenvalue weighted by molar-refractivity contribution is 0.0697. The zero-order chi connectivity index (χ0) is 16.6. The first-order valence-corrected chi connectivity index (χ1v) is 7.26. The maximum Gasteiger partial charge on any atom is 0.335 e. The molecule has 1 aromatic heterocycles. The van der Waals surface area contributed by atoms with Gasteiger partial charge in [0.25, 0.3) is 5.56 Å². The van der Waals surface area contributed by atoms with E-state index >= 15 is 0 Å². The van der Waals surface area contributed by atoms with Gasteiger partial charge in [-0.3, -0.25) is 4.79 Å². The SMILES string of the molecule is Cc1ccc(Cc2nc3cc(C(=O)O)ccc3c(=O)[nH]2)cc1C. The molecule has 0 aliphatic carbocycles. The van der Waals surface area contributed by atoms with Crippen LogP contribution >= 0.6 is 0 Å². The fraction of sp³-hybridized carbons (Fsp3) is 0.167. The normalized spacial score (nSPS) is 10.9. The Morgan fingerprint density at radius 3 is 2.61 bits per heavy atom. The molecule has 2 aromatic carbocycles. The minimum Gasteiger partial charge on any atom is -0.478 e. The third kappa shape index (κ3) is 2.99. The lowest BCUT2D eigenvalue weighted by Crippen LogP contribution is -2.13. The second-order valence-corrected chi connectivity index (χ2v) is 5.65. The van der Waals surface area contributed by atoms with Gasteiger partial charge in [0.05, 0.1) is 16.5 Å². The van der Waals surface area contributed by atoms with E-state index in [1.165, 1.54) is 29.3 Å². The van der Waals surface area contributed by atoms with Gasteiger partial charge in [0.2, 0.25) is 0 Å². The van der Waals surface area contributed by atoms with Gasteiger partial charge in [0, 0.05) is 6.42 Å². The van der Waals surface area contributed by atoms with Gasteiger partial charge in [0.15, 0.2) is 0 Å². The van der Waals surface area contributed by atoms with E-state index in [4.69, 9.17) is 5.11 Å². The van der Waals surface area contributed by atoms with Crippen LogP contribution in [0.2, 0.25) is 0 Å². The minimum absolute atomic E-state index is 0.118. The summed E-state index contributed by atoms with van der Waals surface area (Å²) in [6.07, 6.45) is 0.490. The molecule has 5 nitrogen and oxygen atoms in total. The Morgan fingerprint density at radius 1 is 1.13 bits per heavy atom. The van der Waals surface area contributed by atoms with Gasteiger partial charge in [-0.15, -0.1) is 0 Å². The van der Waals surface area contributed by atoms with Gasteiger partial charge in [0.1, 0.15) is 5.82 Å². The van der Waals surface area contributed by atoms with Crippen molar-refractivity contribution < 1.29 is 9.90 Å². The number of hydrogen-bond donors (Lipinski definition) is 2. The highest BCUT2D eigenvalue weighted by Gasteiger charge is 2.09. The maximum atomic E-state index is 12.1. The molecule has 0 unspecified atom stereocenters. The Balaban J connectivity index is 2.05. The molecule has 23 heavy (non-hydrogen) atoms. The number of H-pyrrole nitrogens is 1. The van der Waals surface area contributed by atoms with Crippen LogP contribution in [-0.2, 0) is 6.42 Å². The van der Waals surface area contributed by atoms with Crippen molar-refractivity contribution in [3.8, 4) is 0 Å². The monoisotopic (exact) mass is 308 g/mol. The average Bonchev–Trinajstić information content (AvgIpc) is 2.50. The summed E-state index contributed by atoms with van der Waals surface area (Å²) < 4.78 is 0. The van der Waals surface area contributed by atoms with Gasteiger partial charge in [-0.1, -0.05) is 18.2 Å². The molecule has 0 atom stereocenters. The lowest BCUT2D eigenvalue weighted by Gasteiger charge is -2.06. The number of aromatic nitrogens is 2. The number of carboxylic acid groups (broad SMARTS) is 1. The number of hydrogen-bond acceptors (Lipinski definition) is 3. The van der Waals surface area contributed by atoms with E-state index in [-0.39, 0.29) is 11.1 Å². The molecular formula is C18H16N2O3. The molecule has 3 rings (SSSR count).